The number of fused-ring (bicyclic) bond motifs is 1. The minimum Gasteiger partial charge on any atom is -0.369 e. The minimum atomic E-state index is -0.640. The van der Waals surface area contributed by atoms with Crippen molar-refractivity contribution in [3.05, 3.63) is 46.4 Å². The van der Waals surface area contributed by atoms with Crippen LogP contribution in [0.2, 0.25) is 0 Å². The molecule has 0 fully saturated rings. The number of aromatic nitrogens is 1. The van der Waals surface area contributed by atoms with E-state index in [0.29, 0.717) is 0 Å². The summed E-state index contributed by atoms with van der Waals surface area (Å²) in [7, 11) is 0. The van der Waals surface area contributed by atoms with Crippen LogP contribution in [0.25, 0.3) is 11.6 Å². The van der Waals surface area contributed by atoms with Crippen molar-refractivity contribution in [1.29, 1.82) is 0 Å². The SMILES string of the molecule is OC1Nc2ccccc2/C1=C/c1cscn1. The van der Waals surface area contributed by atoms with Crippen LogP contribution in [-0.4, -0.2) is 16.3 Å². The van der Waals surface area contributed by atoms with Crippen molar-refractivity contribution in [2.24, 2.45) is 0 Å². The van der Waals surface area contributed by atoms with Gasteiger partial charge in [0, 0.05) is 22.2 Å². The van der Waals surface area contributed by atoms with Crippen LogP contribution >= 0.6 is 11.3 Å². The fourth-order valence-electron chi connectivity index (χ4n) is 1.84. The summed E-state index contributed by atoms with van der Waals surface area (Å²) < 4.78 is 0. The Morgan fingerprint density at radius 2 is 2.25 bits per heavy atom. The molecule has 0 saturated carbocycles. The minimum absolute atomic E-state index is 0.640. The fraction of sp³-hybridized carbons (Fsp3) is 0.0833. The highest BCUT2D eigenvalue weighted by atomic mass is 32.1. The first-order chi connectivity index (χ1) is 7.84. The van der Waals surface area contributed by atoms with Crippen LogP contribution in [0.4, 0.5) is 5.69 Å². The molecule has 0 bridgehead atoms. The molecule has 3 nitrogen and oxygen atoms in total. The number of thiazole rings is 1. The lowest BCUT2D eigenvalue weighted by molar-refractivity contribution is 0.266. The second-order valence-corrected chi connectivity index (χ2v) is 4.32. The highest BCUT2D eigenvalue weighted by Crippen LogP contribution is 2.34. The van der Waals surface area contributed by atoms with E-state index in [1.54, 1.807) is 16.8 Å². The Balaban J connectivity index is 2.08. The van der Waals surface area contributed by atoms with Crippen LogP contribution in [0.1, 0.15) is 11.3 Å². The standard InChI is InChI=1S/C12H10N2OS/c15-12-10(5-8-6-16-7-13-8)9-3-1-2-4-11(9)14-12/h1-7,12,14-15H/b10-5-. The maximum Gasteiger partial charge on any atom is 0.151 e. The van der Waals surface area contributed by atoms with Crippen LogP contribution in [0.15, 0.2) is 35.2 Å². The first-order valence-corrected chi connectivity index (χ1v) is 5.92. The van der Waals surface area contributed by atoms with E-state index in [4.69, 9.17) is 0 Å². The molecular formula is C12H10N2OS. The summed E-state index contributed by atoms with van der Waals surface area (Å²) in [6.45, 7) is 0. The summed E-state index contributed by atoms with van der Waals surface area (Å²) in [6, 6.07) is 7.87. The number of hydrogen-bond donors (Lipinski definition) is 2. The van der Waals surface area contributed by atoms with Gasteiger partial charge in [-0.05, 0) is 12.1 Å². The van der Waals surface area contributed by atoms with E-state index in [9.17, 15) is 5.11 Å². The number of para-hydroxylation sites is 1. The summed E-state index contributed by atoms with van der Waals surface area (Å²) in [5.41, 5.74) is 5.56. The fourth-order valence-corrected chi connectivity index (χ4v) is 2.35. The average Bonchev–Trinajstić information content (AvgIpc) is 2.89. The van der Waals surface area contributed by atoms with Crippen molar-refractivity contribution in [3.8, 4) is 0 Å². The van der Waals surface area contributed by atoms with Gasteiger partial charge in [-0.25, -0.2) is 4.98 Å². The number of anilines is 1. The lowest BCUT2D eigenvalue weighted by atomic mass is 10.1. The molecule has 0 spiro atoms. The molecule has 0 aliphatic carbocycles. The first kappa shape index (κ1) is 9.57. The lowest BCUT2D eigenvalue weighted by Crippen LogP contribution is -2.12. The number of rotatable bonds is 1. The number of aliphatic hydroxyl groups excluding tert-OH is 1. The third-order valence-electron chi connectivity index (χ3n) is 2.58. The average molecular weight is 230 g/mol. The normalized spacial score (nSPS) is 20.8. The van der Waals surface area contributed by atoms with E-state index < -0.39 is 6.23 Å². The smallest absolute Gasteiger partial charge is 0.151 e. The largest absolute Gasteiger partial charge is 0.369 e. The topological polar surface area (TPSA) is 45.1 Å². The zero-order valence-corrected chi connectivity index (χ0v) is 9.24. The Kier molecular flexibility index (Phi) is 2.23. The van der Waals surface area contributed by atoms with E-state index in [1.165, 1.54) is 0 Å². The number of nitrogens with one attached hydrogen (secondary N) is 1. The quantitative estimate of drug-likeness (QED) is 0.791. The molecule has 2 heterocycles. The zero-order chi connectivity index (χ0) is 11.0. The Bertz CT molecular complexity index is 534. The van der Waals surface area contributed by atoms with E-state index >= 15 is 0 Å². The van der Waals surface area contributed by atoms with Gasteiger partial charge in [-0.15, -0.1) is 11.3 Å². The highest BCUT2D eigenvalue weighted by Gasteiger charge is 2.23. The van der Waals surface area contributed by atoms with E-state index in [2.05, 4.69) is 10.3 Å². The van der Waals surface area contributed by atoms with Crippen molar-refractivity contribution < 1.29 is 5.11 Å². The number of hydrogen-bond acceptors (Lipinski definition) is 4. The number of benzene rings is 1. The number of nitrogens with zero attached hydrogens (tertiary/aromatic N) is 1. The van der Waals surface area contributed by atoms with Crippen LogP contribution in [0.5, 0.6) is 0 Å². The predicted molar refractivity (Wildman–Crippen MR) is 66.1 cm³/mol. The van der Waals surface area contributed by atoms with Crippen LogP contribution in [0, 0.1) is 0 Å². The summed E-state index contributed by atoms with van der Waals surface area (Å²) >= 11 is 1.55. The molecule has 1 aliphatic heterocycles. The van der Waals surface area contributed by atoms with E-state index in [1.807, 2.05) is 35.7 Å². The molecule has 1 aromatic carbocycles. The molecule has 2 aromatic rings. The molecule has 2 N–H and O–H groups in total. The first-order valence-electron chi connectivity index (χ1n) is 4.98. The van der Waals surface area contributed by atoms with E-state index in [-0.39, 0.29) is 0 Å². The van der Waals surface area contributed by atoms with Gasteiger partial charge >= 0.3 is 0 Å². The Morgan fingerprint density at radius 3 is 3.06 bits per heavy atom. The molecule has 3 rings (SSSR count). The monoisotopic (exact) mass is 230 g/mol. The molecule has 1 unspecified atom stereocenters. The molecule has 0 radical (unpaired) electrons. The van der Waals surface area contributed by atoms with Crippen LogP contribution < -0.4 is 5.32 Å². The van der Waals surface area contributed by atoms with Gasteiger partial charge in [-0.3, -0.25) is 0 Å². The maximum atomic E-state index is 9.91. The molecule has 1 atom stereocenters. The van der Waals surface area contributed by atoms with Gasteiger partial charge in [0.05, 0.1) is 11.2 Å². The summed E-state index contributed by atoms with van der Waals surface area (Å²) in [6.07, 6.45) is 1.28. The molecule has 16 heavy (non-hydrogen) atoms. The Labute approximate surface area is 97.1 Å². The summed E-state index contributed by atoms with van der Waals surface area (Å²) in [5.74, 6) is 0. The molecule has 0 saturated heterocycles. The molecular weight excluding hydrogens is 220 g/mol. The van der Waals surface area contributed by atoms with Gasteiger partial charge in [0.1, 0.15) is 0 Å². The molecule has 1 aliphatic rings. The maximum absolute atomic E-state index is 9.91. The molecule has 0 amide bonds. The predicted octanol–water partition coefficient (Wildman–Crippen LogP) is 2.43. The van der Waals surface area contributed by atoms with E-state index in [0.717, 1.165) is 22.5 Å². The Morgan fingerprint density at radius 1 is 1.38 bits per heavy atom. The van der Waals surface area contributed by atoms with Crippen molar-refractivity contribution >= 4 is 28.7 Å². The van der Waals surface area contributed by atoms with Gasteiger partial charge in [0.25, 0.3) is 0 Å². The summed E-state index contributed by atoms with van der Waals surface area (Å²) in [4.78, 5) is 4.19. The third-order valence-corrected chi connectivity index (χ3v) is 3.18. The molecule has 1 aromatic heterocycles. The van der Waals surface area contributed by atoms with Crippen molar-refractivity contribution in [2.75, 3.05) is 5.32 Å². The highest BCUT2D eigenvalue weighted by molar-refractivity contribution is 7.07. The van der Waals surface area contributed by atoms with Gasteiger partial charge < -0.3 is 10.4 Å². The van der Waals surface area contributed by atoms with Crippen molar-refractivity contribution in [1.82, 2.24) is 4.98 Å². The lowest BCUT2D eigenvalue weighted by Gasteiger charge is -2.03. The van der Waals surface area contributed by atoms with Gasteiger partial charge in [-0.2, -0.15) is 0 Å². The van der Waals surface area contributed by atoms with Crippen molar-refractivity contribution in [2.45, 2.75) is 6.23 Å². The molecule has 4 heteroatoms. The Hall–Kier alpha value is -1.65. The van der Waals surface area contributed by atoms with Crippen molar-refractivity contribution in [3.63, 3.8) is 0 Å². The van der Waals surface area contributed by atoms with Crippen LogP contribution in [0.3, 0.4) is 0 Å². The van der Waals surface area contributed by atoms with Gasteiger partial charge in [0.15, 0.2) is 6.23 Å². The van der Waals surface area contributed by atoms with Crippen LogP contribution in [-0.2, 0) is 0 Å². The van der Waals surface area contributed by atoms with Gasteiger partial charge in [-0.1, -0.05) is 18.2 Å². The third kappa shape index (κ3) is 1.52. The number of aliphatic hydroxyl groups is 1. The summed E-state index contributed by atoms with van der Waals surface area (Å²) in [5, 5.41) is 14.9. The second-order valence-electron chi connectivity index (χ2n) is 3.61. The molecule has 80 valence electrons. The van der Waals surface area contributed by atoms with Gasteiger partial charge in [0.2, 0.25) is 0 Å². The second kappa shape index (κ2) is 3.73. The zero-order valence-electron chi connectivity index (χ0n) is 8.42.